The van der Waals surface area contributed by atoms with Gasteiger partial charge < -0.3 is 10.5 Å². The highest BCUT2D eigenvalue weighted by Gasteiger charge is 2.41. The molecule has 2 unspecified atom stereocenters. The van der Waals surface area contributed by atoms with Gasteiger partial charge in [-0.15, -0.1) is 0 Å². The third-order valence-corrected chi connectivity index (χ3v) is 4.63. The van der Waals surface area contributed by atoms with Gasteiger partial charge in [0.2, 0.25) is 0 Å². The largest absolute Gasteiger partial charge is 0.381 e. The molecule has 100 valence electrons. The minimum absolute atomic E-state index is 0.106. The zero-order valence-corrected chi connectivity index (χ0v) is 11.6. The Morgan fingerprint density at radius 2 is 1.83 bits per heavy atom. The third kappa shape index (κ3) is 2.45. The number of rotatable bonds is 4. The minimum atomic E-state index is 0.106. The van der Waals surface area contributed by atoms with E-state index in [9.17, 15) is 0 Å². The molecule has 0 aliphatic carbocycles. The normalized spacial score (nSPS) is 22.4. The summed E-state index contributed by atoms with van der Waals surface area (Å²) in [7, 11) is 0. The Morgan fingerprint density at radius 3 is 2.39 bits per heavy atom. The van der Waals surface area contributed by atoms with Gasteiger partial charge in [-0.05, 0) is 24.3 Å². The fourth-order valence-electron chi connectivity index (χ4n) is 3.12. The summed E-state index contributed by atoms with van der Waals surface area (Å²) in [6, 6.07) is 11.0. The molecule has 0 spiro atoms. The van der Waals surface area contributed by atoms with Crippen LogP contribution in [-0.2, 0) is 10.2 Å². The Kier molecular flexibility index (Phi) is 4.41. The zero-order valence-electron chi connectivity index (χ0n) is 11.6. The van der Waals surface area contributed by atoms with E-state index < -0.39 is 0 Å². The van der Waals surface area contributed by atoms with E-state index >= 15 is 0 Å². The summed E-state index contributed by atoms with van der Waals surface area (Å²) < 4.78 is 5.55. The summed E-state index contributed by atoms with van der Waals surface area (Å²) in [5, 5.41) is 0. The number of hydrogen-bond donors (Lipinski definition) is 1. The minimum Gasteiger partial charge on any atom is -0.381 e. The van der Waals surface area contributed by atoms with Crippen LogP contribution >= 0.6 is 0 Å². The molecule has 1 heterocycles. The second-order valence-electron chi connectivity index (χ2n) is 5.55. The van der Waals surface area contributed by atoms with Gasteiger partial charge in [-0.3, -0.25) is 0 Å². The van der Waals surface area contributed by atoms with Crippen molar-refractivity contribution in [3.63, 3.8) is 0 Å². The predicted molar refractivity (Wildman–Crippen MR) is 75.6 cm³/mol. The number of hydrogen-bond acceptors (Lipinski definition) is 2. The lowest BCUT2D eigenvalue weighted by Crippen LogP contribution is -2.52. The number of benzene rings is 1. The Morgan fingerprint density at radius 1 is 1.22 bits per heavy atom. The van der Waals surface area contributed by atoms with Crippen molar-refractivity contribution in [3.8, 4) is 0 Å². The van der Waals surface area contributed by atoms with Gasteiger partial charge in [0.25, 0.3) is 0 Å². The first-order chi connectivity index (χ1) is 8.70. The third-order valence-electron chi connectivity index (χ3n) is 4.63. The standard InChI is InChI=1S/C16H25NO/c1-3-13(2)15(17)16(9-11-18-12-10-16)14-7-5-4-6-8-14/h4-8,13,15H,3,9-12,17H2,1-2H3. The van der Waals surface area contributed by atoms with E-state index in [2.05, 4.69) is 44.2 Å². The highest BCUT2D eigenvalue weighted by molar-refractivity contribution is 5.28. The maximum absolute atomic E-state index is 6.61. The van der Waals surface area contributed by atoms with Gasteiger partial charge in [0.1, 0.15) is 0 Å². The first-order valence-electron chi connectivity index (χ1n) is 7.09. The van der Waals surface area contributed by atoms with Crippen LogP contribution in [0.5, 0.6) is 0 Å². The maximum Gasteiger partial charge on any atom is 0.0475 e. The fourth-order valence-corrected chi connectivity index (χ4v) is 3.12. The summed E-state index contributed by atoms with van der Waals surface area (Å²) in [5.74, 6) is 0.545. The lowest BCUT2D eigenvalue weighted by Gasteiger charge is -2.44. The molecule has 2 rings (SSSR count). The molecule has 0 saturated carbocycles. The van der Waals surface area contributed by atoms with Crippen LogP contribution < -0.4 is 5.73 Å². The Balaban J connectivity index is 2.34. The molecule has 2 nitrogen and oxygen atoms in total. The molecule has 18 heavy (non-hydrogen) atoms. The molecule has 2 heteroatoms. The molecule has 2 atom stereocenters. The van der Waals surface area contributed by atoms with Crippen LogP contribution in [0.25, 0.3) is 0 Å². The van der Waals surface area contributed by atoms with Crippen LogP contribution in [-0.4, -0.2) is 19.3 Å². The van der Waals surface area contributed by atoms with E-state index in [-0.39, 0.29) is 11.5 Å². The van der Waals surface area contributed by atoms with Crippen LogP contribution in [0.15, 0.2) is 30.3 Å². The average molecular weight is 247 g/mol. The molecule has 1 aliphatic rings. The quantitative estimate of drug-likeness (QED) is 0.887. The van der Waals surface area contributed by atoms with E-state index in [4.69, 9.17) is 10.5 Å². The Hall–Kier alpha value is -0.860. The van der Waals surface area contributed by atoms with Crippen molar-refractivity contribution in [2.24, 2.45) is 11.7 Å². The van der Waals surface area contributed by atoms with E-state index in [0.29, 0.717) is 5.92 Å². The van der Waals surface area contributed by atoms with Gasteiger partial charge in [0.05, 0.1) is 0 Å². The van der Waals surface area contributed by atoms with Crippen LogP contribution in [0.2, 0.25) is 0 Å². The predicted octanol–water partition coefficient (Wildman–Crippen LogP) is 3.11. The number of ether oxygens (including phenoxy) is 1. The van der Waals surface area contributed by atoms with Crippen LogP contribution in [0.3, 0.4) is 0 Å². The van der Waals surface area contributed by atoms with Gasteiger partial charge in [-0.25, -0.2) is 0 Å². The van der Waals surface area contributed by atoms with E-state index in [1.165, 1.54) is 5.56 Å². The topological polar surface area (TPSA) is 35.2 Å². The van der Waals surface area contributed by atoms with Crippen LogP contribution in [0.1, 0.15) is 38.7 Å². The molecule has 1 saturated heterocycles. The summed E-state index contributed by atoms with van der Waals surface area (Å²) in [6.07, 6.45) is 3.22. The van der Waals surface area contributed by atoms with Crippen LogP contribution in [0, 0.1) is 5.92 Å². The van der Waals surface area contributed by atoms with Gasteiger partial charge in [0, 0.05) is 24.7 Å². The lowest BCUT2D eigenvalue weighted by atomic mass is 9.65. The van der Waals surface area contributed by atoms with Gasteiger partial charge in [0.15, 0.2) is 0 Å². The fraction of sp³-hybridized carbons (Fsp3) is 0.625. The molecule has 0 amide bonds. The molecule has 1 aromatic carbocycles. The first kappa shape index (κ1) is 13.6. The zero-order chi connectivity index (χ0) is 13.0. The second kappa shape index (κ2) is 5.85. The van der Waals surface area contributed by atoms with Crippen molar-refractivity contribution in [2.75, 3.05) is 13.2 Å². The van der Waals surface area contributed by atoms with Crippen molar-refractivity contribution in [2.45, 2.75) is 44.6 Å². The van der Waals surface area contributed by atoms with Crippen molar-refractivity contribution in [1.82, 2.24) is 0 Å². The molecule has 1 aliphatic heterocycles. The van der Waals surface area contributed by atoms with Gasteiger partial charge in [-0.2, -0.15) is 0 Å². The molecule has 0 aromatic heterocycles. The van der Waals surface area contributed by atoms with Crippen molar-refractivity contribution < 1.29 is 4.74 Å². The molecule has 1 fully saturated rings. The SMILES string of the molecule is CCC(C)C(N)C1(c2ccccc2)CCOCC1. The maximum atomic E-state index is 6.61. The van der Waals surface area contributed by atoms with Crippen molar-refractivity contribution >= 4 is 0 Å². The van der Waals surface area contributed by atoms with E-state index in [0.717, 1.165) is 32.5 Å². The summed E-state index contributed by atoms with van der Waals surface area (Å²) in [6.45, 7) is 6.16. The summed E-state index contributed by atoms with van der Waals surface area (Å²) in [4.78, 5) is 0. The lowest BCUT2D eigenvalue weighted by molar-refractivity contribution is 0.0321. The van der Waals surface area contributed by atoms with E-state index in [1.807, 2.05) is 0 Å². The summed E-state index contributed by atoms with van der Waals surface area (Å²) >= 11 is 0. The smallest absolute Gasteiger partial charge is 0.0475 e. The average Bonchev–Trinajstić information content (AvgIpc) is 2.47. The Labute approximate surface area is 111 Å². The monoisotopic (exact) mass is 247 g/mol. The molecular formula is C16H25NO. The molecule has 2 N–H and O–H groups in total. The van der Waals surface area contributed by atoms with Gasteiger partial charge >= 0.3 is 0 Å². The molecular weight excluding hydrogens is 222 g/mol. The molecule has 0 bridgehead atoms. The second-order valence-corrected chi connectivity index (χ2v) is 5.55. The highest BCUT2D eigenvalue weighted by atomic mass is 16.5. The van der Waals surface area contributed by atoms with Crippen LogP contribution in [0.4, 0.5) is 0 Å². The summed E-state index contributed by atoms with van der Waals surface area (Å²) in [5.41, 5.74) is 8.11. The highest BCUT2D eigenvalue weighted by Crippen LogP contribution is 2.40. The number of nitrogens with two attached hydrogens (primary N) is 1. The molecule has 0 radical (unpaired) electrons. The Bertz CT molecular complexity index is 357. The van der Waals surface area contributed by atoms with Gasteiger partial charge in [-0.1, -0.05) is 50.6 Å². The van der Waals surface area contributed by atoms with Crippen molar-refractivity contribution in [3.05, 3.63) is 35.9 Å². The molecule has 1 aromatic rings. The first-order valence-corrected chi connectivity index (χ1v) is 7.09. The van der Waals surface area contributed by atoms with Crippen molar-refractivity contribution in [1.29, 1.82) is 0 Å². The van der Waals surface area contributed by atoms with E-state index in [1.54, 1.807) is 0 Å².